The minimum atomic E-state index is -0.265. The third kappa shape index (κ3) is 4.13. The average Bonchev–Trinajstić information content (AvgIpc) is 3.57. The van der Waals surface area contributed by atoms with Gasteiger partial charge in [-0.3, -0.25) is 14.3 Å². The second-order valence-corrected chi connectivity index (χ2v) is 9.57. The number of thiophene rings is 1. The highest BCUT2D eigenvalue weighted by molar-refractivity contribution is 7.21. The molecule has 0 saturated carbocycles. The van der Waals surface area contributed by atoms with E-state index in [9.17, 15) is 14.7 Å². The van der Waals surface area contributed by atoms with Gasteiger partial charge >= 0.3 is 6.03 Å². The minimum absolute atomic E-state index is 0.0840. The van der Waals surface area contributed by atoms with Crippen LogP contribution in [0.4, 0.5) is 4.79 Å². The van der Waals surface area contributed by atoms with Crippen LogP contribution in [0, 0.1) is 6.92 Å². The maximum atomic E-state index is 13.2. The van der Waals surface area contributed by atoms with Crippen LogP contribution in [0.3, 0.4) is 0 Å². The molecule has 1 aliphatic rings. The average molecular weight is 495 g/mol. The van der Waals surface area contributed by atoms with Gasteiger partial charge in [0.2, 0.25) is 0 Å². The van der Waals surface area contributed by atoms with Crippen molar-refractivity contribution in [2.24, 2.45) is 0 Å². The number of aryl methyl sites for hydroxylation is 1. The zero-order valence-electron chi connectivity index (χ0n) is 19.6. The van der Waals surface area contributed by atoms with Crippen LogP contribution in [0.15, 0.2) is 42.6 Å². The lowest BCUT2D eigenvalue weighted by atomic mass is 10.2. The van der Waals surface area contributed by atoms with Crippen molar-refractivity contribution >= 4 is 44.4 Å². The van der Waals surface area contributed by atoms with E-state index in [1.807, 2.05) is 31.2 Å². The molecule has 4 heterocycles. The molecule has 0 spiro atoms. The van der Waals surface area contributed by atoms with Gasteiger partial charge in [0.15, 0.2) is 0 Å². The minimum Gasteiger partial charge on any atom is -0.456 e. The van der Waals surface area contributed by atoms with Crippen molar-refractivity contribution < 1.29 is 24.2 Å². The Morgan fingerprint density at radius 1 is 1.26 bits per heavy atom. The van der Waals surface area contributed by atoms with Crippen molar-refractivity contribution in [1.82, 2.24) is 19.8 Å². The van der Waals surface area contributed by atoms with E-state index in [1.165, 1.54) is 11.3 Å². The van der Waals surface area contributed by atoms with Gasteiger partial charge in [0, 0.05) is 44.0 Å². The summed E-state index contributed by atoms with van der Waals surface area (Å²) in [5.74, 6) is 1.06. The molecule has 9 nitrogen and oxygen atoms in total. The highest BCUT2D eigenvalue weighted by atomic mass is 32.1. The third-order valence-corrected chi connectivity index (χ3v) is 7.50. The number of aliphatic hydroxyl groups excluding tert-OH is 1. The maximum absolute atomic E-state index is 13.2. The summed E-state index contributed by atoms with van der Waals surface area (Å²) < 4.78 is 14.0. The first-order valence-corrected chi connectivity index (χ1v) is 12.1. The Hall–Kier alpha value is -3.47. The van der Waals surface area contributed by atoms with E-state index in [0.29, 0.717) is 34.9 Å². The molecule has 1 aromatic carbocycles. The summed E-state index contributed by atoms with van der Waals surface area (Å²) in [6.07, 6.45) is 2.18. The molecule has 10 heteroatoms. The smallest absolute Gasteiger partial charge is 0.325 e. The molecule has 182 valence electrons. The van der Waals surface area contributed by atoms with Crippen LogP contribution in [-0.2, 0) is 4.74 Å². The van der Waals surface area contributed by atoms with E-state index in [1.54, 1.807) is 42.0 Å². The monoisotopic (exact) mass is 494 g/mol. The quantitative estimate of drug-likeness (QED) is 0.438. The SMILES string of the molecule is CNC(=O)n1c(C)cc2cc(Oc3ccnc4cc(C(=O)N5CC(OC)CC5CO)sc34)ccc21. The standard InChI is InChI=1S/C25H26N4O5S/c1-14-8-15-9-17(4-5-20(15)29(14)25(32)26-2)34-21-6-7-27-19-11-22(35-23(19)21)24(31)28-12-18(33-3)10-16(28)13-30/h4-9,11,16,18,30H,10,12-13H2,1-3H3,(H,26,32). The van der Waals surface area contributed by atoms with Crippen LogP contribution < -0.4 is 10.1 Å². The molecule has 2 amide bonds. The number of ether oxygens (including phenoxy) is 2. The molecule has 1 saturated heterocycles. The molecule has 2 N–H and O–H groups in total. The molecule has 1 fully saturated rings. The largest absolute Gasteiger partial charge is 0.456 e. The van der Waals surface area contributed by atoms with Crippen LogP contribution >= 0.6 is 11.3 Å². The van der Waals surface area contributed by atoms with Gasteiger partial charge in [0.25, 0.3) is 5.91 Å². The van der Waals surface area contributed by atoms with Crippen LogP contribution in [0.2, 0.25) is 0 Å². The number of nitrogens with one attached hydrogen (secondary N) is 1. The number of likely N-dealkylation sites (tertiary alicyclic amines) is 1. The van der Waals surface area contributed by atoms with Gasteiger partial charge in [0.05, 0.1) is 39.4 Å². The Morgan fingerprint density at radius 3 is 2.83 bits per heavy atom. The van der Waals surface area contributed by atoms with Crippen molar-refractivity contribution in [3.8, 4) is 11.5 Å². The van der Waals surface area contributed by atoms with Crippen molar-refractivity contribution in [2.45, 2.75) is 25.5 Å². The number of carbonyl (C=O) groups is 2. The number of aromatic nitrogens is 2. The normalized spacial score (nSPS) is 17.9. The summed E-state index contributed by atoms with van der Waals surface area (Å²) in [4.78, 5) is 32.1. The Kier molecular flexibility index (Phi) is 6.18. The van der Waals surface area contributed by atoms with E-state index in [-0.39, 0.29) is 30.7 Å². The molecule has 35 heavy (non-hydrogen) atoms. The van der Waals surface area contributed by atoms with Crippen LogP contribution in [-0.4, -0.2) is 71.0 Å². The Bertz CT molecular complexity index is 1430. The summed E-state index contributed by atoms with van der Waals surface area (Å²) >= 11 is 1.32. The first-order valence-electron chi connectivity index (χ1n) is 11.3. The van der Waals surface area contributed by atoms with Crippen molar-refractivity contribution in [2.75, 3.05) is 27.3 Å². The fourth-order valence-corrected chi connectivity index (χ4v) is 5.63. The number of methoxy groups -OCH3 is 1. The number of carbonyl (C=O) groups excluding carboxylic acids is 2. The number of rotatable bonds is 5. The molecule has 2 atom stereocenters. The van der Waals surface area contributed by atoms with E-state index in [4.69, 9.17) is 9.47 Å². The summed E-state index contributed by atoms with van der Waals surface area (Å²) in [6, 6.07) is 10.6. The van der Waals surface area contributed by atoms with Gasteiger partial charge in [-0.15, -0.1) is 11.3 Å². The van der Waals surface area contributed by atoms with Crippen LogP contribution in [0.1, 0.15) is 21.8 Å². The lowest BCUT2D eigenvalue weighted by molar-refractivity contribution is 0.0652. The molecule has 0 aliphatic carbocycles. The zero-order chi connectivity index (χ0) is 24.7. The van der Waals surface area contributed by atoms with E-state index < -0.39 is 0 Å². The van der Waals surface area contributed by atoms with Crippen molar-refractivity contribution in [3.05, 3.63) is 53.2 Å². The van der Waals surface area contributed by atoms with Gasteiger partial charge in [-0.05, 0) is 43.7 Å². The Morgan fingerprint density at radius 2 is 2.09 bits per heavy atom. The van der Waals surface area contributed by atoms with Gasteiger partial charge in [-0.2, -0.15) is 0 Å². The second kappa shape index (κ2) is 9.29. The predicted molar refractivity (Wildman–Crippen MR) is 134 cm³/mol. The number of pyridine rings is 1. The van der Waals surface area contributed by atoms with Crippen LogP contribution in [0.5, 0.6) is 11.5 Å². The lowest BCUT2D eigenvalue weighted by Gasteiger charge is -2.21. The third-order valence-electron chi connectivity index (χ3n) is 6.37. The summed E-state index contributed by atoms with van der Waals surface area (Å²) in [6.45, 7) is 2.22. The molecule has 2 unspecified atom stereocenters. The van der Waals surface area contributed by atoms with E-state index in [0.717, 1.165) is 21.3 Å². The molecule has 5 rings (SSSR count). The molecular weight excluding hydrogens is 468 g/mol. The summed E-state index contributed by atoms with van der Waals surface area (Å²) in [7, 11) is 3.22. The fourth-order valence-electron chi connectivity index (χ4n) is 4.61. The number of benzene rings is 1. The molecule has 0 radical (unpaired) electrons. The van der Waals surface area contributed by atoms with Gasteiger partial charge < -0.3 is 24.8 Å². The molecule has 4 aromatic rings. The predicted octanol–water partition coefficient (Wildman–Crippen LogP) is 3.76. The number of aliphatic hydroxyl groups is 1. The molecular formula is C25H26N4O5S. The number of hydrogen-bond acceptors (Lipinski definition) is 7. The van der Waals surface area contributed by atoms with Gasteiger partial charge in [-0.25, -0.2) is 4.79 Å². The fraction of sp³-hybridized carbons (Fsp3) is 0.320. The van der Waals surface area contributed by atoms with Gasteiger partial charge in [-0.1, -0.05) is 0 Å². The zero-order valence-corrected chi connectivity index (χ0v) is 20.5. The number of nitrogens with zero attached hydrogens (tertiary/aromatic N) is 3. The number of amides is 2. The lowest BCUT2D eigenvalue weighted by Crippen LogP contribution is -2.37. The van der Waals surface area contributed by atoms with E-state index in [2.05, 4.69) is 10.3 Å². The first kappa shape index (κ1) is 23.3. The van der Waals surface area contributed by atoms with Crippen molar-refractivity contribution in [1.29, 1.82) is 0 Å². The molecule has 3 aromatic heterocycles. The first-order chi connectivity index (χ1) is 16.9. The van der Waals surface area contributed by atoms with Crippen LogP contribution in [0.25, 0.3) is 21.1 Å². The highest BCUT2D eigenvalue weighted by Gasteiger charge is 2.36. The molecule has 0 bridgehead atoms. The Balaban J connectivity index is 1.44. The topological polar surface area (TPSA) is 106 Å². The Labute approximate surface area is 205 Å². The number of fused-ring (bicyclic) bond motifs is 2. The van der Waals surface area contributed by atoms with Crippen molar-refractivity contribution in [3.63, 3.8) is 0 Å². The molecule has 1 aliphatic heterocycles. The summed E-state index contributed by atoms with van der Waals surface area (Å²) in [5, 5.41) is 13.3. The highest BCUT2D eigenvalue weighted by Crippen LogP contribution is 2.37. The summed E-state index contributed by atoms with van der Waals surface area (Å²) in [5.41, 5.74) is 2.28. The van der Waals surface area contributed by atoms with Gasteiger partial charge in [0.1, 0.15) is 11.5 Å². The van der Waals surface area contributed by atoms with E-state index >= 15 is 0 Å². The maximum Gasteiger partial charge on any atom is 0.325 e. The number of hydrogen-bond donors (Lipinski definition) is 2. The second-order valence-electron chi connectivity index (χ2n) is 8.52.